The van der Waals surface area contributed by atoms with Crippen LogP contribution in [-0.4, -0.2) is 45.0 Å². The van der Waals surface area contributed by atoms with Crippen molar-refractivity contribution in [2.24, 2.45) is 5.92 Å². The van der Waals surface area contributed by atoms with Gasteiger partial charge in [-0.15, -0.1) is 5.10 Å². The number of nitrogens with zero attached hydrogens (tertiary/aromatic N) is 5. The molecule has 0 unspecified atom stereocenters. The Morgan fingerprint density at radius 1 is 1.20 bits per heavy atom. The van der Waals surface area contributed by atoms with E-state index < -0.39 is 5.69 Å². The summed E-state index contributed by atoms with van der Waals surface area (Å²) in [6.45, 7) is 4.08. The SMILES string of the molecule is CC1CCN(c2ccn3c(=O)n(CC(=O)Nc4ccc5c(c4)OCO5)nc3n2)CC1. The molecule has 156 valence electrons. The minimum atomic E-state index is -0.405. The molecule has 0 aliphatic carbocycles. The highest BCUT2D eigenvalue weighted by Crippen LogP contribution is 2.34. The van der Waals surface area contributed by atoms with E-state index in [9.17, 15) is 9.59 Å². The fourth-order valence-corrected chi connectivity index (χ4v) is 3.72. The van der Waals surface area contributed by atoms with Gasteiger partial charge < -0.3 is 19.7 Å². The number of amides is 1. The van der Waals surface area contributed by atoms with Crippen LogP contribution in [0, 0.1) is 5.92 Å². The first kappa shape index (κ1) is 18.5. The quantitative estimate of drug-likeness (QED) is 0.695. The molecule has 1 fully saturated rings. The van der Waals surface area contributed by atoms with Crippen LogP contribution < -0.4 is 25.4 Å². The van der Waals surface area contributed by atoms with Gasteiger partial charge in [-0.05, 0) is 37.0 Å². The molecule has 1 saturated heterocycles. The summed E-state index contributed by atoms with van der Waals surface area (Å²) in [5, 5.41) is 6.99. The van der Waals surface area contributed by atoms with Gasteiger partial charge >= 0.3 is 5.69 Å². The lowest BCUT2D eigenvalue weighted by atomic mass is 9.99. The van der Waals surface area contributed by atoms with Crippen LogP contribution in [0.25, 0.3) is 5.78 Å². The third-order valence-electron chi connectivity index (χ3n) is 5.50. The summed E-state index contributed by atoms with van der Waals surface area (Å²) in [5.41, 5.74) is 0.151. The minimum Gasteiger partial charge on any atom is -0.454 e. The molecule has 4 heterocycles. The molecule has 0 radical (unpaired) electrons. The van der Waals surface area contributed by atoms with Crippen LogP contribution in [0.5, 0.6) is 11.5 Å². The molecule has 0 atom stereocenters. The second kappa shape index (κ2) is 7.36. The maximum Gasteiger partial charge on any atom is 0.352 e. The number of hydrogen-bond donors (Lipinski definition) is 1. The monoisotopic (exact) mass is 410 g/mol. The van der Waals surface area contributed by atoms with Crippen molar-refractivity contribution in [1.29, 1.82) is 0 Å². The van der Waals surface area contributed by atoms with Crippen LogP contribution in [0.2, 0.25) is 0 Å². The summed E-state index contributed by atoms with van der Waals surface area (Å²) in [7, 11) is 0. The molecule has 1 aromatic carbocycles. The van der Waals surface area contributed by atoms with Crippen molar-refractivity contribution in [3.8, 4) is 11.5 Å². The number of hydrogen-bond acceptors (Lipinski definition) is 7. The average molecular weight is 410 g/mol. The van der Waals surface area contributed by atoms with Gasteiger partial charge in [0, 0.05) is 31.0 Å². The summed E-state index contributed by atoms with van der Waals surface area (Å²) in [6.07, 6.45) is 3.90. The van der Waals surface area contributed by atoms with Gasteiger partial charge in [-0.3, -0.25) is 4.79 Å². The number of piperidine rings is 1. The van der Waals surface area contributed by atoms with E-state index >= 15 is 0 Å². The zero-order valence-electron chi connectivity index (χ0n) is 16.6. The Balaban J connectivity index is 1.32. The molecule has 1 N–H and O–H groups in total. The Morgan fingerprint density at radius 3 is 2.83 bits per heavy atom. The first-order valence-electron chi connectivity index (χ1n) is 9.97. The molecular weight excluding hydrogens is 388 g/mol. The maximum absolute atomic E-state index is 12.6. The van der Waals surface area contributed by atoms with E-state index in [0.717, 1.165) is 42.3 Å². The largest absolute Gasteiger partial charge is 0.454 e. The molecule has 10 heteroatoms. The molecule has 0 saturated carbocycles. The Hall–Kier alpha value is -3.56. The van der Waals surface area contributed by atoms with Crippen LogP contribution in [0.15, 0.2) is 35.3 Å². The lowest BCUT2D eigenvalue weighted by Gasteiger charge is -2.30. The van der Waals surface area contributed by atoms with Gasteiger partial charge in [-0.2, -0.15) is 4.98 Å². The fourth-order valence-electron chi connectivity index (χ4n) is 3.72. The smallest absolute Gasteiger partial charge is 0.352 e. The highest BCUT2D eigenvalue weighted by molar-refractivity contribution is 5.90. The Kier molecular flexibility index (Phi) is 4.53. The van der Waals surface area contributed by atoms with E-state index in [0.29, 0.717) is 17.2 Å². The molecule has 10 nitrogen and oxygen atoms in total. The van der Waals surface area contributed by atoms with Crippen LogP contribution in [0.1, 0.15) is 19.8 Å². The van der Waals surface area contributed by atoms with E-state index in [2.05, 4.69) is 27.2 Å². The maximum atomic E-state index is 12.6. The van der Waals surface area contributed by atoms with E-state index in [1.165, 1.54) is 4.40 Å². The predicted octanol–water partition coefficient (Wildman–Crippen LogP) is 1.49. The molecule has 5 rings (SSSR count). The van der Waals surface area contributed by atoms with Gasteiger partial charge in [-0.1, -0.05) is 6.92 Å². The molecule has 2 aromatic heterocycles. The van der Waals surface area contributed by atoms with Crippen molar-refractivity contribution in [2.75, 3.05) is 30.1 Å². The molecule has 0 spiro atoms. The van der Waals surface area contributed by atoms with Gasteiger partial charge in [0.2, 0.25) is 12.7 Å². The van der Waals surface area contributed by atoms with Crippen LogP contribution in [-0.2, 0) is 11.3 Å². The average Bonchev–Trinajstić information content (AvgIpc) is 3.32. The molecule has 0 bridgehead atoms. The molecule has 3 aromatic rings. The summed E-state index contributed by atoms with van der Waals surface area (Å²) in [4.78, 5) is 31.8. The predicted molar refractivity (Wildman–Crippen MR) is 109 cm³/mol. The number of benzene rings is 1. The number of carbonyl (C=O) groups excluding carboxylic acids is 1. The third-order valence-corrected chi connectivity index (χ3v) is 5.50. The van der Waals surface area contributed by atoms with Crippen molar-refractivity contribution in [2.45, 2.75) is 26.3 Å². The van der Waals surface area contributed by atoms with Crippen molar-refractivity contribution < 1.29 is 14.3 Å². The second-order valence-electron chi connectivity index (χ2n) is 7.68. The number of aromatic nitrogens is 4. The van der Waals surface area contributed by atoms with E-state index in [4.69, 9.17) is 9.47 Å². The molecule has 1 amide bonds. The highest BCUT2D eigenvalue weighted by Gasteiger charge is 2.19. The van der Waals surface area contributed by atoms with Gasteiger partial charge in [0.15, 0.2) is 11.5 Å². The summed E-state index contributed by atoms with van der Waals surface area (Å²) in [5.74, 6) is 2.64. The normalized spacial score (nSPS) is 16.2. The Bertz CT molecular complexity index is 1160. The molecule has 2 aliphatic heterocycles. The number of carbonyl (C=O) groups is 1. The lowest BCUT2D eigenvalue weighted by Crippen LogP contribution is -2.33. The van der Waals surface area contributed by atoms with Crippen LogP contribution in [0.3, 0.4) is 0 Å². The van der Waals surface area contributed by atoms with Crippen LogP contribution >= 0.6 is 0 Å². The Labute approximate surface area is 172 Å². The highest BCUT2D eigenvalue weighted by atomic mass is 16.7. The van der Waals surface area contributed by atoms with E-state index in [1.54, 1.807) is 24.4 Å². The number of nitrogens with one attached hydrogen (secondary N) is 1. The fraction of sp³-hybridized carbons (Fsp3) is 0.400. The molecule has 30 heavy (non-hydrogen) atoms. The van der Waals surface area contributed by atoms with Gasteiger partial charge in [0.25, 0.3) is 5.78 Å². The molecular formula is C20H22N6O4. The lowest BCUT2D eigenvalue weighted by molar-refractivity contribution is -0.117. The zero-order valence-corrected chi connectivity index (χ0v) is 16.6. The second-order valence-corrected chi connectivity index (χ2v) is 7.68. The summed E-state index contributed by atoms with van der Waals surface area (Å²) >= 11 is 0. The van der Waals surface area contributed by atoms with Crippen molar-refractivity contribution >= 4 is 23.2 Å². The van der Waals surface area contributed by atoms with Crippen LogP contribution in [0.4, 0.5) is 11.5 Å². The number of anilines is 2. The Morgan fingerprint density at radius 2 is 2.00 bits per heavy atom. The van der Waals surface area contributed by atoms with Crippen molar-refractivity contribution in [3.63, 3.8) is 0 Å². The topological polar surface area (TPSA) is 103 Å². The summed E-state index contributed by atoms with van der Waals surface area (Å²) in [6, 6.07) is 6.94. The van der Waals surface area contributed by atoms with Gasteiger partial charge in [0.1, 0.15) is 12.4 Å². The number of fused-ring (bicyclic) bond motifs is 2. The van der Waals surface area contributed by atoms with Crippen molar-refractivity contribution in [3.05, 3.63) is 40.9 Å². The first-order valence-corrected chi connectivity index (χ1v) is 9.97. The van der Waals surface area contributed by atoms with E-state index in [-0.39, 0.29) is 25.0 Å². The number of rotatable bonds is 4. The number of ether oxygens (including phenoxy) is 2. The van der Waals surface area contributed by atoms with Crippen molar-refractivity contribution in [1.82, 2.24) is 19.2 Å². The minimum absolute atomic E-state index is 0.162. The van der Waals surface area contributed by atoms with Gasteiger partial charge in [-0.25, -0.2) is 13.9 Å². The van der Waals surface area contributed by atoms with E-state index in [1.807, 2.05) is 6.07 Å². The molecule has 2 aliphatic rings. The zero-order chi connectivity index (χ0) is 20.7. The standard InChI is InChI=1S/C20H22N6O4/c1-13-4-7-24(8-5-13)17-6-9-25-19(22-17)23-26(20(25)28)11-18(27)21-14-2-3-15-16(10-14)30-12-29-15/h2-3,6,9-10,13H,4-5,7-8,11-12H2,1H3,(H,21,27). The van der Waals surface area contributed by atoms with Gasteiger partial charge in [0.05, 0.1) is 0 Å². The summed E-state index contributed by atoms with van der Waals surface area (Å²) < 4.78 is 13.0. The first-order chi connectivity index (χ1) is 14.6. The third kappa shape index (κ3) is 3.44.